The zero-order chi connectivity index (χ0) is 19.9. The van der Waals surface area contributed by atoms with Gasteiger partial charge in [-0.2, -0.15) is 0 Å². The van der Waals surface area contributed by atoms with E-state index in [4.69, 9.17) is 0 Å². The van der Waals surface area contributed by atoms with Gasteiger partial charge < -0.3 is 5.48 Å². The first-order chi connectivity index (χ1) is 13.6. The molecule has 0 amide bonds. The van der Waals surface area contributed by atoms with Crippen LogP contribution >= 0.6 is 63.7 Å². The first-order valence-electron chi connectivity index (χ1n) is 8.57. The van der Waals surface area contributed by atoms with Crippen LogP contribution in [0.25, 0.3) is 22.3 Å². The fourth-order valence-electron chi connectivity index (χ4n) is 2.69. The lowest BCUT2D eigenvalue weighted by atomic mass is 10.1. The maximum Gasteiger partial charge on any atom is 0.0395 e. The normalized spacial score (nSPS) is 9.79. The Kier molecular flexibility index (Phi) is 9.80. The van der Waals surface area contributed by atoms with Gasteiger partial charge in [0.1, 0.15) is 0 Å². The minimum Gasteiger partial charge on any atom is -0.412 e. The summed E-state index contributed by atoms with van der Waals surface area (Å²) in [4.78, 5) is 0. The molecule has 0 aromatic heterocycles. The molecule has 0 aliphatic carbocycles. The van der Waals surface area contributed by atoms with Gasteiger partial charge in [-0.1, -0.05) is 84.9 Å². The van der Waals surface area contributed by atoms with Crippen LogP contribution in [-0.4, -0.2) is 5.48 Å². The smallest absolute Gasteiger partial charge is 0.0395 e. The molecule has 0 aliphatic rings. The third-order valence-corrected chi connectivity index (χ3v) is 8.17. The molecule has 1 nitrogen and oxygen atoms in total. The van der Waals surface area contributed by atoms with Crippen molar-refractivity contribution in [2.75, 3.05) is 0 Å². The first-order valence-corrected chi connectivity index (χ1v) is 11.7. The largest absolute Gasteiger partial charge is 0.412 e. The molecule has 4 rings (SSSR count). The lowest BCUT2D eigenvalue weighted by Gasteiger charge is -2.05. The third-order valence-electron chi connectivity index (χ3n) is 4.07. The molecule has 0 heterocycles. The summed E-state index contributed by atoms with van der Waals surface area (Å²) < 4.78 is 4.37. The molecule has 2 N–H and O–H groups in total. The molecule has 0 saturated carbocycles. The summed E-state index contributed by atoms with van der Waals surface area (Å²) in [5.74, 6) is 0. The van der Waals surface area contributed by atoms with E-state index in [0.29, 0.717) is 0 Å². The van der Waals surface area contributed by atoms with Crippen LogP contribution in [0.4, 0.5) is 0 Å². The van der Waals surface area contributed by atoms with Crippen LogP contribution in [-0.2, 0) is 0 Å². The van der Waals surface area contributed by atoms with Gasteiger partial charge in [-0.15, -0.1) is 0 Å². The van der Waals surface area contributed by atoms with Crippen LogP contribution in [0.3, 0.4) is 0 Å². The van der Waals surface area contributed by atoms with Gasteiger partial charge in [0.05, 0.1) is 0 Å². The average Bonchev–Trinajstić information content (AvgIpc) is 2.74. The van der Waals surface area contributed by atoms with Crippen molar-refractivity contribution < 1.29 is 5.48 Å². The summed E-state index contributed by atoms with van der Waals surface area (Å²) in [6.07, 6.45) is 0. The Morgan fingerprint density at radius 3 is 1.07 bits per heavy atom. The van der Waals surface area contributed by atoms with Gasteiger partial charge in [0.15, 0.2) is 0 Å². The number of hydrogen-bond donors (Lipinski definition) is 0. The van der Waals surface area contributed by atoms with Gasteiger partial charge >= 0.3 is 0 Å². The molecular weight excluding hydrogens is 624 g/mol. The third kappa shape index (κ3) is 6.37. The summed E-state index contributed by atoms with van der Waals surface area (Å²) in [5, 5.41) is 0. The quantitative estimate of drug-likeness (QED) is 0.209. The van der Waals surface area contributed by atoms with E-state index in [1.54, 1.807) is 0 Å². The molecule has 0 saturated heterocycles. The lowest BCUT2D eigenvalue weighted by molar-refractivity contribution is 0.824. The highest BCUT2D eigenvalue weighted by Crippen LogP contribution is 2.34. The van der Waals surface area contributed by atoms with E-state index in [0.717, 1.165) is 17.9 Å². The summed E-state index contributed by atoms with van der Waals surface area (Å²) in [5.41, 5.74) is 4.86. The molecule has 148 valence electrons. The molecule has 4 aromatic rings. The van der Waals surface area contributed by atoms with E-state index in [2.05, 4.69) is 100 Å². The molecule has 0 aliphatic heterocycles. The van der Waals surface area contributed by atoms with Crippen LogP contribution < -0.4 is 0 Å². The number of rotatable bonds is 2. The first kappa shape index (κ1) is 24.0. The van der Waals surface area contributed by atoms with Crippen molar-refractivity contribution in [1.82, 2.24) is 0 Å². The van der Waals surface area contributed by atoms with Gasteiger partial charge in [0, 0.05) is 17.9 Å². The Morgan fingerprint density at radius 2 is 0.724 bits per heavy atom. The topological polar surface area (TPSA) is 31.5 Å². The molecule has 29 heavy (non-hydrogen) atoms. The van der Waals surface area contributed by atoms with Crippen molar-refractivity contribution in [3.05, 3.63) is 115 Å². The summed E-state index contributed by atoms with van der Waals surface area (Å²) in [6, 6.07) is 33.0. The highest BCUT2D eigenvalue weighted by molar-refractivity contribution is 9.13. The lowest BCUT2D eigenvalue weighted by Crippen LogP contribution is -1.79. The van der Waals surface area contributed by atoms with E-state index < -0.39 is 0 Å². The SMILES string of the molecule is Brc1cccc(-c2ccccc2)c1Br.Brc1cccc(-c2ccccc2)c1Br.O. The van der Waals surface area contributed by atoms with Crippen molar-refractivity contribution in [2.24, 2.45) is 0 Å². The maximum absolute atomic E-state index is 3.57. The Bertz CT molecular complexity index is 964. The van der Waals surface area contributed by atoms with Crippen molar-refractivity contribution in [3.8, 4) is 22.3 Å². The van der Waals surface area contributed by atoms with Gasteiger partial charge in [0.25, 0.3) is 0 Å². The second-order valence-corrected chi connectivity index (χ2v) is 9.23. The molecule has 0 unspecified atom stereocenters. The monoisotopic (exact) mass is 638 g/mol. The second kappa shape index (κ2) is 11.8. The fourth-order valence-corrected chi connectivity index (χ4v) is 4.41. The Labute approximate surface area is 205 Å². The Morgan fingerprint density at radius 1 is 0.379 bits per heavy atom. The minimum absolute atomic E-state index is 0. The van der Waals surface area contributed by atoms with Crippen LogP contribution in [0, 0.1) is 0 Å². The minimum atomic E-state index is 0. The molecule has 0 atom stereocenters. The van der Waals surface area contributed by atoms with Gasteiger partial charge in [-0.3, -0.25) is 0 Å². The number of benzene rings is 4. The maximum atomic E-state index is 3.57. The number of halogens is 4. The molecule has 0 radical (unpaired) electrons. The predicted octanol–water partition coefficient (Wildman–Crippen LogP) is 8.93. The van der Waals surface area contributed by atoms with Gasteiger partial charge in [-0.25, -0.2) is 0 Å². The van der Waals surface area contributed by atoms with Gasteiger partial charge in [0.2, 0.25) is 0 Å². The standard InChI is InChI=1S/2C12H8Br2.H2O/c2*13-11-8-4-7-10(12(11)14)9-5-2-1-3-6-9;/h2*1-8H;1H2. The summed E-state index contributed by atoms with van der Waals surface area (Å²) in [6.45, 7) is 0. The van der Waals surface area contributed by atoms with Crippen molar-refractivity contribution in [3.63, 3.8) is 0 Å². The van der Waals surface area contributed by atoms with Crippen LogP contribution in [0.15, 0.2) is 115 Å². The van der Waals surface area contributed by atoms with Crippen molar-refractivity contribution in [2.45, 2.75) is 0 Å². The van der Waals surface area contributed by atoms with E-state index in [9.17, 15) is 0 Å². The highest BCUT2D eigenvalue weighted by atomic mass is 79.9. The molecule has 0 spiro atoms. The van der Waals surface area contributed by atoms with E-state index in [1.807, 2.05) is 60.7 Å². The molecule has 5 heteroatoms. The van der Waals surface area contributed by atoms with E-state index >= 15 is 0 Å². The van der Waals surface area contributed by atoms with Gasteiger partial charge in [-0.05, 0) is 98.1 Å². The zero-order valence-corrected chi connectivity index (χ0v) is 21.6. The van der Waals surface area contributed by atoms with E-state index in [-0.39, 0.29) is 5.48 Å². The summed E-state index contributed by atoms with van der Waals surface area (Å²) in [7, 11) is 0. The van der Waals surface area contributed by atoms with Crippen LogP contribution in [0.2, 0.25) is 0 Å². The predicted molar refractivity (Wildman–Crippen MR) is 138 cm³/mol. The Hall–Kier alpha value is -1.24. The average molecular weight is 642 g/mol. The fraction of sp³-hybridized carbons (Fsp3) is 0. The summed E-state index contributed by atoms with van der Waals surface area (Å²) >= 11 is 14.1. The van der Waals surface area contributed by atoms with Crippen molar-refractivity contribution >= 4 is 63.7 Å². The van der Waals surface area contributed by atoms with Crippen molar-refractivity contribution in [1.29, 1.82) is 0 Å². The second-order valence-electron chi connectivity index (χ2n) is 5.93. The highest BCUT2D eigenvalue weighted by Gasteiger charge is 2.05. The Balaban J connectivity index is 0.000000200. The molecule has 0 fully saturated rings. The number of hydrogen-bond acceptors (Lipinski definition) is 0. The molecular formula is C24H18Br4O. The van der Waals surface area contributed by atoms with Crippen LogP contribution in [0.5, 0.6) is 0 Å². The zero-order valence-electron chi connectivity index (χ0n) is 15.2. The van der Waals surface area contributed by atoms with E-state index in [1.165, 1.54) is 22.3 Å². The molecule has 0 bridgehead atoms. The molecule has 4 aromatic carbocycles. The van der Waals surface area contributed by atoms with Crippen LogP contribution in [0.1, 0.15) is 0 Å².